The molecule has 0 unspecified atom stereocenters. The summed E-state index contributed by atoms with van der Waals surface area (Å²) in [7, 11) is 0. The predicted octanol–water partition coefficient (Wildman–Crippen LogP) is 1.80. The van der Waals surface area contributed by atoms with Crippen LogP contribution in [0.4, 0.5) is 0 Å². The summed E-state index contributed by atoms with van der Waals surface area (Å²) < 4.78 is 5.30. The van der Waals surface area contributed by atoms with Crippen molar-refractivity contribution in [2.75, 3.05) is 0 Å². The lowest BCUT2D eigenvalue weighted by molar-refractivity contribution is 0.375. The van der Waals surface area contributed by atoms with Gasteiger partial charge in [0.15, 0.2) is 5.88 Å². The molecular weight excluding hydrogens is 202 g/mol. The zero-order valence-corrected chi connectivity index (χ0v) is 9.16. The van der Waals surface area contributed by atoms with Crippen molar-refractivity contribution in [3.63, 3.8) is 0 Å². The van der Waals surface area contributed by atoms with Crippen molar-refractivity contribution in [1.82, 2.24) is 0 Å². The number of nitrogens with one attached hydrogen (secondary N) is 1. The van der Waals surface area contributed by atoms with E-state index in [-0.39, 0.29) is 11.7 Å². The number of nitrogens with two attached hydrogens (primary N) is 2. The smallest absolute Gasteiger partial charge is 0.197 e. The Morgan fingerprint density at radius 1 is 1.25 bits per heavy atom. The van der Waals surface area contributed by atoms with Crippen molar-refractivity contribution in [3.8, 4) is 0 Å². The molecule has 4 nitrogen and oxygen atoms in total. The molecule has 0 heterocycles. The fraction of sp³-hybridized carbons (Fsp3) is 0.0833. The van der Waals surface area contributed by atoms with E-state index in [1.165, 1.54) is 0 Å². The van der Waals surface area contributed by atoms with Crippen LogP contribution >= 0.6 is 0 Å². The third kappa shape index (κ3) is 2.88. The number of ether oxygens (including phenoxy) is 1. The molecule has 0 fully saturated rings. The molecule has 1 aromatic rings. The molecule has 0 saturated carbocycles. The number of hydrogen-bond donors (Lipinski definition) is 3. The first kappa shape index (κ1) is 11.8. The molecule has 0 radical (unpaired) electrons. The Bertz CT molecular complexity index is 435. The highest BCUT2D eigenvalue weighted by Crippen LogP contribution is 2.16. The third-order valence-electron chi connectivity index (χ3n) is 2.10. The molecule has 0 aliphatic heterocycles. The van der Waals surface area contributed by atoms with E-state index in [4.69, 9.17) is 21.6 Å². The van der Waals surface area contributed by atoms with E-state index in [1.807, 2.05) is 30.3 Å². The van der Waals surface area contributed by atoms with Gasteiger partial charge >= 0.3 is 0 Å². The predicted molar refractivity (Wildman–Crippen MR) is 65.4 cm³/mol. The van der Waals surface area contributed by atoms with Gasteiger partial charge in [-0.1, -0.05) is 36.9 Å². The molecule has 0 aliphatic rings. The molecule has 0 amide bonds. The Morgan fingerprint density at radius 3 is 2.31 bits per heavy atom. The van der Waals surface area contributed by atoms with Gasteiger partial charge in [-0.25, -0.2) is 0 Å². The average Bonchev–Trinajstić information content (AvgIpc) is 2.28. The van der Waals surface area contributed by atoms with E-state index < -0.39 is 0 Å². The van der Waals surface area contributed by atoms with Crippen molar-refractivity contribution >= 4 is 11.6 Å². The zero-order chi connectivity index (χ0) is 12.1. The quantitative estimate of drug-likeness (QED) is 0.408. The summed E-state index contributed by atoms with van der Waals surface area (Å²) in [6.45, 7) is 5.38. The van der Waals surface area contributed by atoms with Gasteiger partial charge in [0.05, 0.1) is 5.57 Å². The van der Waals surface area contributed by atoms with Gasteiger partial charge in [0, 0.05) is 5.56 Å². The minimum atomic E-state index is -0.113. The van der Waals surface area contributed by atoms with Gasteiger partial charge in [0.1, 0.15) is 11.6 Å². The summed E-state index contributed by atoms with van der Waals surface area (Å²) in [6.07, 6.45) is 0. The van der Waals surface area contributed by atoms with Crippen LogP contribution in [0.25, 0.3) is 5.76 Å². The zero-order valence-electron chi connectivity index (χ0n) is 9.16. The summed E-state index contributed by atoms with van der Waals surface area (Å²) in [5.74, 6) is 0.415. The number of benzene rings is 1. The van der Waals surface area contributed by atoms with Gasteiger partial charge in [-0.05, 0) is 6.92 Å². The fourth-order valence-electron chi connectivity index (χ4n) is 1.02. The second-order valence-corrected chi connectivity index (χ2v) is 3.29. The summed E-state index contributed by atoms with van der Waals surface area (Å²) >= 11 is 0. The Labute approximate surface area is 94.7 Å². The van der Waals surface area contributed by atoms with Gasteiger partial charge in [0.2, 0.25) is 0 Å². The van der Waals surface area contributed by atoms with Crippen LogP contribution in [0.5, 0.6) is 0 Å². The lowest BCUT2D eigenvalue weighted by Gasteiger charge is -2.10. The molecule has 5 N–H and O–H groups in total. The van der Waals surface area contributed by atoms with E-state index in [0.29, 0.717) is 11.3 Å². The second-order valence-electron chi connectivity index (χ2n) is 3.29. The Balaban J connectivity index is 2.81. The third-order valence-corrected chi connectivity index (χ3v) is 2.10. The SMILES string of the molecule is C=C(OC(N)=C(C)C(=N)N)c1ccccc1. The van der Waals surface area contributed by atoms with E-state index in [1.54, 1.807) is 6.92 Å². The summed E-state index contributed by atoms with van der Waals surface area (Å²) in [5, 5.41) is 7.21. The first-order valence-corrected chi connectivity index (χ1v) is 4.75. The van der Waals surface area contributed by atoms with Gasteiger partial charge in [-0.15, -0.1) is 0 Å². The molecule has 0 aromatic heterocycles. The highest BCUT2D eigenvalue weighted by Gasteiger charge is 2.05. The molecule has 1 aromatic carbocycles. The van der Waals surface area contributed by atoms with E-state index in [9.17, 15) is 0 Å². The summed E-state index contributed by atoms with van der Waals surface area (Å²) in [6, 6.07) is 9.37. The standard InChI is InChI=1S/C12H15N3O/c1-8(11(13)14)12(15)16-9(2)10-6-4-3-5-7-10/h3-7H,2,15H2,1H3,(H3,13,14). The van der Waals surface area contributed by atoms with Gasteiger partial charge < -0.3 is 16.2 Å². The molecule has 0 spiro atoms. The molecule has 4 heteroatoms. The Kier molecular flexibility index (Phi) is 3.72. The van der Waals surface area contributed by atoms with E-state index >= 15 is 0 Å². The van der Waals surface area contributed by atoms with Crippen molar-refractivity contribution < 1.29 is 4.74 Å². The largest absolute Gasteiger partial charge is 0.441 e. The van der Waals surface area contributed by atoms with Crippen molar-refractivity contribution in [1.29, 1.82) is 5.41 Å². The minimum absolute atomic E-state index is 0.0985. The second kappa shape index (κ2) is 5.02. The number of hydrogen-bond acceptors (Lipinski definition) is 3. The average molecular weight is 217 g/mol. The first-order chi connectivity index (χ1) is 7.52. The van der Waals surface area contributed by atoms with Crippen molar-refractivity contribution in [2.45, 2.75) is 6.92 Å². The summed E-state index contributed by atoms with van der Waals surface area (Å²) in [5.41, 5.74) is 12.2. The van der Waals surface area contributed by atoms with Crippen molar-refractivity contribution in [2.24, 2.45) is 11.5 Å². The van der Waals surface area contributed by atoms with Crippen LogP contribution in [0.3, 0.4) is 0 Å². The van der Waals surface area contributed by atoms with Crippen LogP contribution in [0.1, 0.15) is 12.5 Å². The van der Waals surface area contributed by atoms with Crippen LogP contribution in [0, 0.1) is 5.41 Å². The number of rotatable bonds is 4. The van der Waals surface area contributed by atoms with Crippen LogP contribution in [-0.2, 0) is 4.74 Å². The van der Waals surface area contributed by atoms with Crippen LogP contribution in [-0.4, -0.2) is 5.84 Å². The van der Waals surface area contributed by atoms with Gasteiger partial charge in [0.25, 0.3) is 0 Å². The molecule has 0 aliphatic carbocycles. The summed E-state index contributed by atoms with van der Waals surface area (Å²) in [4.78, 5) is 0. The van der Waals surface area contributed by atoms with Crippen molar-refractivity contribution in [3.05, 3.63) is 53.9 Å². The minimum Gasteiger partial charge on any atom is -0.441 e. The lowest BCUT2D eigenvalue weighted by atomic mass is 10.2. The molecule has 1 rings (SSSR count). The molecule has 0 bridgehead atoms. The molecule has 0 saturated heterocycles. The fourth-order valence-corrected chi connectivity index (χ4v) is 1.02. The van der Waals surface area contributed by atoms with E-state index in [2.05, 4.69) is 6.58 Å². The Morgan fingerprint density at radius 2 is 1.81 bits per heavy atom. The van der Waals surface area contributed by atoms with Gasteiger partial charge in [-0.3, -0.25) is 5.41 Å². The maximum absolute atomic E-state index is 7.21. The lowest BCUT2D eigenvalue weighted by Crippen LogP contribution is -2.17. The monoisotopic (exact) mass is 217 g/mol. The molecule has 84 valence electrons. The van der Waals surface area contributed by atoms with Crippen LogP contribution in [0.15, 0.2) is 48.4 Å². The molecular formula is C12H15N3O. The normalized spacial score (nSPS) is 11.6. The van der Waals surface area contributed by atoms with Crippen LogP contribution in [0.2, 0.25) is 0 Å². The Hall–Kier alpha value is -2.23. The number of amidine groups is 1. The maximum atomic E-state index is 7.21. The molecule has 16 heavy (non-hydrogen) atoms. The maximum Gasteiger partial charge on any atom is 0.197 e. The topological polar surface area (TPSA) is 85.1 Å². The highest BCUT2D eigenvalue weighted by molar-refractivity contribution is 5.94. The van der Waals surface area contributed by atoms with Gasteiger partial charge in [-0.2, -0.15) is 0 Å². The van der Waals surface area contributed by atoms with Crippen LogP contribution < -0.4 is 11.5 Å². The van der Waals surface area contributed by atoms with E-state index in [0.717, 1.165) is 5.56 Å². The first-order valence-electron chi connectivity index (χ1n) is 4.75. The highest BCUT2D eigenvalue weighted by atomic mass is 16.5. The molecule has 0 atom stereocenters.